The molecule has 1 aliphatic heterocycles. The van der Waals surface area contributed by atoms with Crippen LogP contribution in [0.5, 0.6) is 5.75 Å². The van der Waals surface area contributed by atoms with Gasteiger partial charge in [-0.3, -0.25) is 4.79 Å². The molecule has 4 rings (SSSR count). The van der Waals surface area contributed by atoms with Crippen LogP contribution in [0, 0.1) is 6.92 Å². The van der Waals surface area contributed by atoms with Crippen LogP contribution in [0.4, 0.5) is 4.39 Å². The third kappa shape index (κ3) is 3.66. The first kappa shape index (κ1) is 17.5. The smallest absolute Gasteiger partial charge is 0.255 e. The zero-order valence-corrected chi connectivity index (χ0v) is 15.0. The van der Waals surface area contributed by atoms with Gasteiger partial charge in [0, 0.05) is 18.5 Å². The molecule has 1 aromatic heterocycles. The zero-order chi connectivity index (χ0) is 18.8. The van der Waals surface area contributed by atoms with Crippen molar-refractivity contribution in [2.75, 3.05) is 13.1 Å². The Morgan fingerprint density at radius 1 is 1.26 bits per heavy atom. The maximum Gasteiger partial charge on any atom is 0.255 e. The monoisotopic (exact) mass is 368 g/mol. The fourth-order valence-corrected chi connectivity index (χ4v) is 3.34. The van der Waals surface area contributed by atoms with Crippen molar-refractivity contribution in [3.05, 3.63) is 65.4 Å². The van der Waals surface area contributed by atoms with E-state index in [-0.39, 0.29) is 12.5 Å². The van der Waals surface area contributed by atoms with E-state index in [1.54, 1.807) is 19.1 Å². The number of carbonyl (C=O) groups excluding carboxylic acids is 1. The molecule has 0 unspecified atom stereocenters. The highest BCUT2D eigenvalue weighted by Crippen LogP contribution is 2.29. The van der Waals surface area contributed by atoms with Crippen molar-refractivity contribution >= 4 is 16.9 Å². The van der Waals surface area contributed by atoms with Crippen molar-refractivity contribution in [2.45, 2.75) is 25.7 Å². The molecule has 1 aliphatic rings. The van der Waals surface area contributed by atoms with E-state index in [2.05, 4.69) is 10.6 Å². The molecule has 2 atom stereocenters. The molecule has 1 amide bonds. The van der Waals surface area contributed by atoms with Crippen LogP contribution >= 0.6 is 0 Å². The lowest BCUT2D eigenvalue weighted by Crippen LogP contribution is -2.41. The molecule has 1 saturated heterocycles. The number of alkyl halides is 1. The molecule has 0 bridgehead atoms. The SMILES string of the molecule is Cc1oc2ccc(OCc3ccccc3)cc2c1C(=O)N[C@@H]1CNC[C@H]1F. The number of aryl methyl sites for hydroxylation is 1. The van der Waals surface area contributed by atoms with Crippen LogP contribution in [-0.4, -0.2) is 31.2 Å². The molecule has 3 aromatic rings. The predicted molar refractivity (Wildman–Crippen MR) is 101 cm³/mol. The van der Waals surface area contributed by atoms with E-state index in [1.807, 2.05) is 36.4 Å². The minimum Gasteiger partial charge on any atom is -0.489 e. The first-order valence-corrected chi connectivity index (χ1v) is 8.97. The van der Waals surface area contributed by atoms with Crippen LogP contribution in [0.1, 0.15) is 21.7 Å². The van der Waals surface area contributed by atoms with Crippen LogP contribution in [-0.2, 0) is 6.61 Å². The van der Waals surface area contributed by atoms with Gasteiger partial charge < -0.3 is 19.8 Å². The van der Waals surface area contributed by atoms with E-state index in [1.165, 1.54) is 0 Å². The van der Waals surface area contributed by atoms with Gasteiger partial charge in [-0.1, -0.05) is 30.3 Å². The predicted octanol–water partition coefficient (Wildman–Crippen LogP) is 3.36. The molecule has 0 spiro atoms. The van der Waals surface area contributed by atoms with E-state index < -0.39 is 12.2 Å². The fraction of sp³-hybridized carbons (Fsp3) is 0.286. The second kappa shape index (κ2) is 7.40. The van der Waals surface area contributed by atoms with Crippen LogP contribution < -0.4 is 15.4 Å². The maximum absolute atomic E-state index is 13.8. The van der Waals surface area contributed by atoms with Gasteiger partial charge in [-0.05, 0) is 30.7 Å². The van der Waals surface area contributed by atoms with Gasteiger partial charge in [0.15, 0.2) is 0 Å². The number of ether oxygens (including phenoxy) is 1. The first-order valence-electron chi connectivity index (χ1n) is 8.97. The van der Waals surface area contributed by atoms with Crippen LogP contribution in [0.3, 0.4) is 0 Å². The fourth-order valence-electron chi connectivity index (χ4n) is 3.34. The van der Waals surface area contributed by atoms with Crippen molar-refractivity contribution in [2.24, 2.45) is 0 Å². The van der Waals surface area contributed by atoms with Gasteiger partial charge in [0.05, 0.1) is 11.6 Å². The summed E-state index contributed by atoms with van der Waals surface area (Å²) in [5.74, 6) is 0.819. The highest BCUT2D eigenvalue weighted by molar-refractivity contribution is 6.07. The average molecular weight is 368 g/mol. The number of rotatable bonds is 5. The Kier molecular flexibility index (Phi) is 4.81. The number of nitrogens with one attached hydrogen (secondary N) is 2. The van der Waals surface area contributed by atoms with Gasteiger partial charge in [-0.2, -0.15) is 0 Å². The second-order valence-electron chi connectivity index (χ2n) is 6.72. The molecule has 140 valence electrons. The summed E-state index contributed by atoms with van der Waals surface area (Å²) in [6.07, 6.45) is -1.09. The van der Waals surface area contributed by atoms with Crippen LogP contribution in [0.2, 0.25) is 0 Å². The van der Waals surface area contributed by atoms with Crippen molar-refractivity contribution < 1.29 is 18.3 Å². The van der Waals surface area contributed by atoms with Crippen molar-refractivity contribution in [1.29, 1.82) is 0 Å². The van der Waals surface area contributed by atoms with Gasteiger partial charge >= 0.3 is 0 Å². The summed E-state index contributed by atoms with van der Waals surface area (Å²) in [7, 11) is 0. The van der Waals surface area contributed by atoms with Gasteiger partial charge in [-0.25, -0.2) is 4.39 Å². The number of furan rings is 1. The minimum atomic E-state index is -1.09. The normalized spacial score (nSPS) is 19.3. The molecule has 2 aromatic carbocycles. The van der Waals surface area contributed by atoms with E-state index in [9.17, 15) is 9.18 Å². The Balaban J connectivity index is 1.56. The summed E-state index contributed by atoms with van der Waals surface area (Å²) < 4.78 is 25.4. The molecule has 0 saturated carbocycles. The topological polar surface area (TPSA) is 63.5 Å². The van der Waals surface area contributed by atoms with Gasteiger partial charge in [0.2, 0.25) is 0 Å². The summed E-state index contributed by atoms with van der Waals surface area (Å²) >= 11 is 0. The summed E-state index contributed by atoms with van der Waals surface area (Å²) in [5.41, 5.74) is 2.09. The highest BCUT2D eigenvalue weighted by atomic mass is 19.1. The Labute approximate surface area is 156 Å². The Hall–Kier alpha value is -2.86. The van der Waals surface area contributed by atoms with Crippen molar-refractivity contribution in [3.8, 4) is 5.75 Å². The second-order valence-corrected chi connectivity index (χ2v) is 6.72. The van der Waals surface area contributed by atoms with E-state index in [0.717, 1.165) is 5.56 Å². The summed E-state index contributed by atoms with van der Waals surface area (Å²) in [6.45, 7) is 2.85. The van der Waals surface area contributed by atoms with Gasteiger partial charge in [-0.15, -0.1) is 0 Å². The number of carbonyl (C=O) groups is 1. The summed E-state index contributed by atoms with van der Waals surface area (Å²) in [6, 6.07) is 14.7. The standard InChI is InChI=1S/C21H21FN2O3/c1-13-20(21(25)24-18-11-23-10-17(18)22)16-9-15(7-8-19(16)27-13)26-12-14-5-3-2-4-6-14/h2-9,17-18,23H,10-12H2,1H3,(H,24,25)/t17-,18-/m1/s1. The third-order valence-corrected chi connectivity index (χ3v) is 4.77. The molecule has 27 heavy (non-hydrogen) atoms. The molecule has 2 N–H and O–H groups in total. The highest BCUT2D eigenvalue weighted by Gasteiger charge is 2.30. The maximum atomic E-state index is 13.8. The van der Waals surface area contributed by atoms with E-state index in [0.29, 0.717) is 41.2 Å². The number of benzene rings is 2. The minimum absolute atomic E-state index is 0.257. The lowest BCUT2D eigenvalue weighted by molar-refractivity contribution is 0.0924. The van der Waals surface area contributed by atoms with Crippen molar-refractivity contribution in [3.63, 3.8) is 0 Å². The molecule has 5 nitrogen and oxygen atoms in total. The molecule has 6 heteroatoms. The third-order valence-electron chi connectivity index (χ3n) is 4.77. The lowest BCUT2D eigenvalue weighted by Gasteiger charge is -2.13. The largest absolute Gasteiger partial charge is 0.489 e. The molecule has 0 radical (unpaired) electrons. The number of hydrogen-bond donors (Lipinski definition) is 2. The van der Waals surface area contributed by atoms with Crippen LogP contribution in [0.25, 0.3) is 11.0 Å². The average Bonchev–Trinajstić information content (AvgIpc) is 3.22. The molecular formula is C21H21FN2O3. The number of halogens is 1. The molecule has 1 fully saturated rings. The first-order chi connectivity index (χ1) is 13.1. The van der Waals surface area contributed by atoms with Gasteiger partial charge in [0.25, 0.3) is 5.91 Å². The number of fused-ring (bicyclic) bond motifs is 1. The van der Waals surface area contributed by atoms with Crippen LogP contribution in [0.15, 0.2) is 52.9 Å². The lowest BCUT2D eigenvalue weighted by atomic mass is 10.1. The van der Waals surface area contributed by atoms with E-state index in [4.69, 9.17) is 9.15 Å². The Morgan fingerprint density at radius 3 is 2.81 bits per heavy atom. The molecule has 2 heterocycles. The summed E-state index contributed by atoms with van der Waals surface area (Å²) in [5, 5.41) is 6.36. The van der Waals surface area contributed by atoms with Gasteiger partial charge in [0.1, 0.15) is 29.9 Å². The van der Waals surface area contributed by atoms with E-state index >= 15 is 0 Å². The molecule has 0 aliphatic carbocycles. The Morgan fingerprint density at radius 2 is 2.07 bits per heavy atom. The quantitative estimate of drug-likeness (QED) is 0.725. The number of amides is 1. The van der Waals surface area contributed by atoms with Crippen molar-refractivity contribution in [1.82, 2.24) is 10.6 Å². The number of hydrogen-bond acceptors (Lipinski definition) is 4. The zero-order valence-electron chi connectivity index (χ0n) is 15.0. The Bertz CT molecular complexity index is 955. The molecular weight excluding hydrogens is 347 g/mol. The summed E-state index contributed by atoms with van der Waals surface area (Å²) in [4.78, 5) is 12.7.